The third-order valence-corrected chi connectivity index (χ3v) is 2.82. The van der Waals surface area contributed by atoms with Gasteiger partial charge in [0.05, 0.1) is 5.69 Å². The van der Waals surface area contributed by atoms with Crippen molar-refractivity contribution in [3.8, 4) is 0 Å². The maximum atomic E-state index is 13.2. The van der Waals surface area contributed by atoms with E-state index in [0.717, 1.165) is 6.92 Å². The molecule has 2 amide bonds. The molecule has 1 aromatic carbocycles. The highest BCUT2D eigenvalue weighted by Gasteiger charge is 2.68. The molecule has 0 aliphatic rings. The van der Waals surface area contributed by atoms with Gasteiger partial charge in [0.1, 0.15) is 0 Å². The molecule has 0 saturated heterocycles. The molecule has 0 aromatic heterocycles. The molecule has 0 fully saturated rings. The summed E-state index contributed by atoms with van der Waals surface area (Å²) in [6.07, 6.45) is 0. The molecule has 11 heteroatoms. The summed E-state index contributed by atoms with van der Waals surface area (Å²) in [5, 5.41) is 8.06. The van der Waals surface area contributed by atoms with Crippen LogP contribution >= 0.6 is 0 Å². The molecule has 0 heterocycles. The number of halogens is 4. The van der Waals surface area contributed by atoms with E-state index in [2.05, 4.69) is 4.74 Å². The largest absolute Gasteiger partial charge is 0.477 e. The molecule has 1 N–H and O–H groups in total. The van der Waals surface area contributed by atoms with Gasteiger partial charge in [-0.3, -0.25) is 9.59 Å². The molecule has 0 bridgehead atoms. The molecule has 0 radical (unpaired) electrons. The minimum Gasteiger partial charge on any atom is -0.477 e. The average molecular weight is 365 g/mol. The molecule has 136 valence electrons. The van der Waals surface area contributed by atoms with Gasteiger partial charge >= 0.3 is 23.8 Å². The number of anilines is 1. The second-order valence-electron chi connectivity index (χ2n) is 4.61. The van der Waals surface area contributed by atoms with Crippen molar-refractivity contribution in [2.75, 3.05) is 11.5 Å². The molecule has 25 heavy (non-hydrogen) atoms. The van der Waals surface area contributed by atoms with E-state index >= 15 is 0 Å². The Morgan fingerprint density at radius 2 is 1.56 bits per heavy atom. The van der Waals surface area contributed by atoms with Gasteiger partial charge in [-0.2, -0.15) is 17.6 Å². The fourth-order valence-electron chi connectivity index (χ4n) is 1.62. The Hall–Kier alpha value is -2.98. The molecule has 0 spiro atoms. The van der Waals surface area contributed by atoms with Crippen LogP contribution in [-0.4, -0.2) is 47.3 Å². The van der Waals surface area contributed by atoms with Gasteiger partial charge in [-0.25, -0.2) is 14.5 Å². The third-order valence-electron chi connectivity index (χ3n) is 2.82. The van der Waals surface area contributed by atoms with Crippen LogP contribution in [-0.2, 0) is 23.9 Å². The molecule has 1 aromatic rings. The summed E-state index contributed by atoms with van der Waals surface area (Å²) in [5.41, 5.74) is 0.0266. The maximum Gasteiger partial charge on any atom is 0.415 e. The summed E-state index contributed by atoms with van der Waals surface area (Å²) in [7, 11) is 0. The number of rotatable bonds is 6. The number of carbonyl (C=O) groups excluding carboxylic acids is 3. The number of hydrogen-bond donors (Lipinski definition) is 1. The Bertz CT molecular complexity index is 692. The normalized spacial score (nSPS) is 11.6. The van der Waals surface area contributed by atoms with E-state index in [9.17, 15) is 36.7 Å². The third kappa shape index (κ3) is 4.11. The quantitative estimate of drug-likeness (QED) is 0.605. The van der Waals surface area contributed by atoms with E-state index < -0.39 is 42.2 Å². The summed E-state index contributed by atoms with van der Waals surface area (Å²) >= 11 is 0. The number of ether oxygens (including phenoxy) is 1. The summed E-state index contributed by atoms with van der Waals surface area (Å²) in [6, 6.07) is 7.09. The van der Waals surface area contributed by atoms with E-state index in [1.165, 1.54) is 24.3 Å². The highest BCUT2D eigenvalue weighted by molar-refractivity contribution is 6.14. The van der Waals surface area contributed by atoms with Crippen LogP contribution in [0.2, 0.25) is 0 Å². The lowest BCUT2D eigenvalue weighted by atomic mass is 10.2. The second kappa shape index (κ2) is 7.28. The van der Waals surface area contributed by atoms with Crippen molar-refractivity contribution in [1.29, 1.82) is 0 Å². The summed E-state index contributed by atoms with van der Waals surface area (Å²) < 4.78 is 55.8. The maximum absolute atomic E-state index is 13.2. The van der Waals surface area contributed by atoms with Crippen molar-refractivity contribution >= 4 is 29.4 Å². The molecular formula is C14H11F4NO6. The smallest absolute Gasteiger partial charge is 0.415 e. The SMILES string of the molecule is CC(=O)N(C(=O)COC(=O)C(F)(F)C(F)(F)C(=O)O)c1ccccc1. The van der Waals surface area contributed by atoms with Crippen LogP contribution in [0.1, 0.15) is 6.92 Å². The van der Waals surface area contributed by atoms with Crippen molar-refractivity contribution < 1.29 is 46.6 Å². The average Bonchev–Trinajstić information content (AvgIpc) is 2.52. The zero-order valence-electron chi connectivity index (χ0n) is 12.5. The van der Waals surface area contributed by atoms with Crippen LogP contribution in [0.5, 0.6) is 0 Å². The number of para-hydroxylation sites is 1. The predicted molar refractivity (Wildman–Crippen MR) is 73.1 cm³/mol. The highest BCUT2D eigenvalue weighted by Crippen LogP contribution is 2.35. The number of hydrogen-bond acceptors (Lipinski definition) is 5. The minimum absolute atomic E-state index is 0.0266. The number of esters is 1. The number of nitrogens with zero attached hydrogens (tertiary/aromatic N) is 1. The zero-order chi connectivity index (χ0) is 19.4. The fourth-order valence-corrected chi connectivity index (χ4v) is 1.62. The van der Waals surface area contributed by atoms with Crippen LogP contribution in [0.25, 0.3) is 0 Å². The van der Waals surface area contributed by atoms with Crippen LogP contribution in [0.4, 0.5) is 23.2 Å². The van der Waals surface area contributed by atoms with Gasteiger partial charge < -0.3 is 9.84 Å². The molecule has 0 unspecified atom stereocenters. The summed E-state index contributed by atoms with van der Waals surface area (Å²) in [5.74, 6) is -19.7. The van der Waals surface area contributed by atoms with E-state index in [1.807, 2.05) is 0 Å². The Morgan fingerprint density at radius 1 is 1.04 bits per heavy atom. The Kier molecular flexibility index (Phi) is 5.84. The second-order valence-corrected chi connectivity index (χ2v) is 4.61. The Balaban J connectivity index is 2.89. The number of amides is 2. The number of aliphatic carboxylic acids is 1. The van der Waals surface area contributed by atoms with Gasteiger partial charge in [0.15, 0.2) is 6.61 Å². The molecule has 1 rings (SSSR count). The molecule has 0 saturated carbocycles. The number of carboxylic acids is 1. The molecular weight excluding hydrogens is 354 g/mol. The Labute approximate surface area is 137 Å². The van der Waals surface area contributed by atoms with Gasteiger partial charge in [-0.1, -0.05) is 18.2 Å². The number of carbonyl (C=O) groups is 4. The standard InChI is InChI=1S/C14H11F4NO6/c1-8(20)19(9-5-3-2-4-6-9)10(21)7-25-12(24)14(17,18)13(15,16)11(22)23/h2-6H,7H2,1H3,(H,22,23). The fraction of sp³-hybridized carbons (Fsp3) is 0.286. The van der Waals surface area contributed by atoms with Crippen molar-refractivity contribution in [2.45, 2.75) is 18.8 Å². The first kappa shape index (κ1) is 20.1. The summed E-state index contributed by atoms with van der Waals surface area (Å²) in [4.78, 5) is 45.1. The van der Waals surface area contributed by atoms with E-state index in [1.54, 1.807) is 6.07 Å². The molecule has 0 aliphatic heterocycles. The lowest BCUT2D eigenvalue weighted by Crippen LogP contribution is -2.53. The lowest BCUT2D eigenvalue weighted by Gasteiger charge is -2.22. The van der Waals surface area contributed by atoms with Gasteiger partial charge in [0, 0.05) is 6.92 Å². The highest BCUT2D eigenvalue weighted by atomic mass is 19.3. The van der Waals surface area contributed by atoms with Crippen molar-refractivity contribution in [3.63, 3.8) is 0 Å². The summed E-state index contributed by atoms with van der Waals surface area (Å²) in [6.45, 7) is -0.515. The van der Waals surface area contributed by atoms with Gasteiger partial charge in [0.2, 0.25) is 5.91 Å². The zero-order valence-corrected chi connectivity index (χ0v) is 12.5. The number of carboxylic acid groups (broad SMARTS) is 1. The van der Waals surface area contributed by atoms with Gasteiger partial charge in [-0.05, 0) is 12.1 Å². The van der Waals surface area contributed by atoms with E-state index in [-0.39, 0.29) is 5.69 Å². The minimum atomic E-state index is -5.73. The first-order valence-electron chi connectivity index (χ1n) is 6.47. The number of alkyl halides is 4. The van der Waals surface area contributed by atoms with Crippen molar-refractivity contribution in [1.82, 2.24) is 0 Å². The number of imide groups is 1. The van der Waals surface area contributed by atoms with Crippen molar-refractivity contribution in [2.24, 2.45) is 0 Å². The predicted octanol–water partition coefficient (Wildman–Crippen LogP) is 1.46. The molecule has 7 nitrogen and oxygen atoms in total. The van der Waals surface area contributed by atoms with Crippen LogP contribution < -0.4 is 4.90 Å². The van der Waals surface area contributed by atoms with Gasteiger partial charge in [-0.15, -0.1) is 0 Å². The number of benzene rings is 1. The van der Waals surface area contributed by atoms with Crippen molar-refractivity contribution in [3.05, 3.63) is 30.3 Å². The van der Waals surface area contributed by atoms with E-state index in [4.69, 9.17) is 5.11 Å². The molecule has 0 aliphatic carbocycles. The van der Waals surface area contributed by atoms with Gasteiger partial charge in [0.25, 0.3) is 5.91 Å². The van der Waals surface area contributed by atoms with Crippen LogP contribution in [0, 0.1) is 0 Å². The topological polar surface area (TPSA) is 101 Å². The van der Waals surface area contributed by atoms with Crippen LogP contribution in [0.3, 0.4) is 0 Å². The van der Waals surface area contributed by atoms with E-state index in [0.29, 0.717) is 4.90 Å². The lowest BCUT2D eigenvalue weighted by molar-refractivity contribution is -0.234. The monoisotopic (exact) mass is 365 g/mol. The molecule has 0 atom stereocenters. The van der Waals surface area contributed by atoms with Crippen LogP contribution in [0.15, 0.2) is 30.3 Å². The first-order valence-corrected chi connectivity index (χ1v) is 6.47. The first-order chi connectivity index (χ1) is 11.4. The Morgan fingerprint density at radius 3 is 2.00 bits per heavy atom.